The highest BCUT2D eigenvalue weighted by molar-refractivity contribution is 5.94. The number of primary amides is 2. The van der Waals surface area contributed by atoms with Crippen LogP contribution in [-0.4, -0.2) is 207 Å². The van der Waals surface area contributed by atoms with Crippen LogP contribution in [0, 0.1) is 0 Å². The number of amides is 9. The molecule has 70 heavy (non-hydrogen) atoms. The molecule has 0 aliphatic carbocycles. The van der Waals surface area contributed by atoms with E-state index in [-0.39, 0.29) is 19.3 Å². The van der Waals surface area contributed by atoms with Crippen molar-refractivity contribution >= 4 is 59.1 Å². The van der Waals surface area contributed by atoms with E-state index in [1.165, 1.54) is 27.7 Å². The summed E-state index contributed by atoms with van der Waals surface area (Å²) in [6.07, 6.45) is -15.9. The molecule has 0 bridgehead atoms. The Morgan fingerprint density at radius 3 is 1.69 bits per heavy atom. The molecule has 398 valence electrons. The van der Waals surface area contributed by atoms with Crippen LogP contribution < -0.4 is 54.4 Å². The van der Waals surface area contributed by atoms with Crippen LogP contribution in [0.4, 0.5) is 0 Å². The summed E-state index contributed by atoms with van der Waals surface area (Å²) in [4.78, 5) is 125. The molecule has 0 radical (unpaired) electrons. The van der Waals surface area contributed by atoms with Gasteiger partial charge in [0.1, 0.15) is 85.0 Å². The lowest BCUT2D eigenvalue weighted by Crippen LogP contribution is -2.70. The van der Waals surface area contributed by atoms with Crippen LogP contribution in [0.2, 0.25) is 0 Å². The minimum absolute atomic E-state index is 0.00788. The second-order valence-electron chi connectivity index (χ2n) is 16.8. The molecule has 2 fully saturated rings. The molecular formula is C40H68N10O20. The molecule has 19 N–H and O–H groups in total. The molecule has 30 heteroatoms. The summed E-state index contributed by atoms with van der Waals surface area (Å²) in [6, 6.07) is -11.0. The maximum atomic E-state index is 13.5. The third kappa shape index (κ3) is 18.2. The van der Waals surface area contributed by atoms with Crippen molar-refractivity contribution < 1.29 is 97.5 Å². The number of hydrogen-bond acceptors (Lipinski definition) is 20. The summed E-state index contributed by atoms with van der Waals surface area (Å²) >= 11 is 0. The Morgan fingerprint density at radius 2 is 1.16 bits per heavy atom. The van der Waals surface area contributed by atoms with Crippen LogP contribution in [-0.2, 0) is 66.9 Å². The van der Waals surface area contributed by atoms with E-state index >= 15 is 0 Å². The van der Waals surface area contributed by atoms with Gasteiger partial charge in [-0.05, 0) is 53.4 Å². The number of aliphatic hydroxyl groups is 5. The Kier molecular flexibility index (Phi) is 24.4. The first-order chi connectivity index (χ1) is 32.6. The molecule has 0 aromatic rings. The number of carboxylic acids is 1. The molecule has 0 aromatic carbocycles. The Hall–Kier alpha value is -5.70. The van der Waals surface area contributed by atoms with E-state index in [0.29, 0.717) is 0 Å². The van der Waals surface area contributed by atoms with E-state index < -0.39 is 189 Å². The average molecular weight is 1010 g/mol. The van der Waals surface area contributed by atoms with Gasteiger partial charge in [-0.1, -0.05) is 0 Å². The highest BCUT2D eigenvalue weighted by Gasteiger charge is 2.53. The SMILES string of the molecule is CC(=O)N[C@@H]1[C@@H](O[C@H](C)C(=O)N[C@@H](C)C(=O)N[C@H](CCC(=O)N[C@H](CCC[C@H](N)C(N)=O)C(=O)N[C@H](C)C(=O)N[C@H](C)C(=O)O)C(N)=O)[C@H](O[C@@H]2O[C@H](CO)[C@@H](O)[C@H](O)[C@H]2NC(C)=O)[C@@H](CO)O[C@H]1O. The minimum atomic E-state index is -1.90. The van der Waals surface area contributed by atoms with E-state index in [4.69, 9.17) is 41.3 Å². The van der Waals surface area contributed by atoms with E-state index in [1.54, 1.807) is 0 Å². The average Bonchev–Trinajstić information content (AvgIpc) is 3.27. The largest absolute Gasteiger partial charge is 0.480 e. The van der Waals surface area contributed by atoms with Crippen LogP contribution in [0.15, 0.2) is 0 Å². The quantitative estimate of drug-likeness (QED) is 0.0363. The molecule has 2 heterocycles. The lowest BCUT2D eigenvalue weighted by Gasteiger charge is -2.48. The number of aliphatic hydroxyl groups excluding tert-OH is 5. The van der Waals surface area contributed by atoms with Crippen LogP contribution >= 0.6 is 0 Å². The van der Waals surface area contributed by atoms with Gasteiger partial charge in [0.05, 0.1) is 19.3 Å². The van der Waals surface area contributed by atoms with Gasteiger partial charge in [0.15, 0.2) is 12.6 Å². The first-order valence-electron chi connectivity index (χ1n) is 22.1. The number of ether oxygens (including phenoxy) is 4. The minimum Gasteiger partial charge on any atom is -0.480 e. The fraction of sp³-hybridized carbons (Fsp3) is 0.750. The van der Waals surface area contributed by atoms with Gasteiger partial charge in [0.25, 0.3) is 0 Å². The van der Waals surface area contributed by atoms with Crippen molar-refractivity contribution in [1.82, 2.24) is 37.2 Å². The molecule has 0 saturated carbocycles. The fourth-order valence-electron chi connectivity index (χ4n) is 7.07. The van der Waals surface area contributed by atoms with Crippen molar-refractivity contribution in [3.63, 3.8) is 0 Å². The van der Waals surface area contributed by atoms with E-state index in [9.17, 15) is 73.5 Å². The molecule has 2 aliphatic heterocycles. The monoisotopic (exact) mass is 1010 g/mol. The predicted molar refractivity (Wildman–Crippen MR) is 234 cm³/mol. The number of carbonyl (C=O) groups is 10. The number of aliphatic carboxylic acids is 1. The van der Waals surface area contributed by atoms with Crippen LogP contribution in [0.3, 0.4) is 0 Å². The fourth-order valence-corrected chi connectivity index (χ4v) is 7.07. The molecule has 2 saturated heterocycles. The third-order valence-corrected chi connectivity index (χ3v) is 11.1. The van der Waals surface area contributed by atoms with Crippen molar-refractivity contribution in [3.8, 4) is 0 Å². The maximum absolute atomic E-state index is 13.5. The second-order valence-corrected chi connectivity index (χ2v) is 16.8. The third-order valence-electron chi connectivity index (χ3n) is 11.1. The highest BCUT2D eigenvalue weighted by Crippen LogP contribution is 2.31. The van der Waals surface area contributed by atoms with Gasteiger partial charge >= 0.3 is 5.97 Å². The molecule has 30 nitrogen and oxygen atoms in total. The van der Waals surface area contributed by atoms with Gasteiger partial charge in [-0.15, -0.1) is 0 Å². The standard InChI is InChI=1S/C40H68N10O20/c1-14(34(60)46-16(3)38(64)65)45-37(63)22(9-7-8-20(41)32(42)58)49-25(55)11-10-21(33(43)59)50-35(61)15(2)44-36(62)17(4)67-31-27(48-19(6)54)39(66)68-24(13-52)30(31)70-40-26(47-18(5)53)29(57)28(56)23(12-51)69-40/h14-17,20-24,26-31,39-40,51-52,56-57,66H,7-13,41H2,1-6H3,(H2,42,58)(H2,43,59)(H,44,62)(H,45,63)(H,46,60)(H,47,53)(H,48,54)(H,49,55)(H,50,61)(H,64,65)/t14-,15+,16-,17-,20+,21-,22-,23-,24-,26-,27-,28-,29-,30-,31-,39-,40+/m1/s1. The van der Waals surface area contributed by atoms with Crippen molar-refractivity contribution in [1.29, 1.82) is 0 Å². The van der Waals surface area contributed by atoms with Gasteiger partial charge in [-0.25, -0.2) is 0 Å². The summed E-state index contributed by atoms with van der Waals surface area (Å²) in [7, 11) is 0. The van der Waals surface area contributed by atoms with E-state index in [2.05, 4.69) is 37.2 Å². The first kappa shape index (κ1) is 60.4. The molecule has 0 spiro atoms. The number of carbonyl (C=O) groups excluding carboxylic acids is 9. The van der Waals surface area contributed by atoms with Crippen molar-refractivity contribution in [3.05, 3.63) is 0 Å². The van der Waals surface area contributed by atoms with Crippen molar-refractivity contribution in [2.75, 3.05) is 13.2 Å². The molecule has 2 aliphatic rings. The van der Waals surface area contributed by atoms with Gasteiger partial charge in [-0.2, -0.15) is 0 Å². The Bertz CT molecular complexity index is 1870. The number of carboxylic acid groups (broad SMARTS) is 1. The summed E-state index contributed by atoms with van der Waals surface area (Å²) < 4.78 is 23.2. The Morgan fingerprint density at radius 1 is 0.614 bits per heavy atom. The Labute approximate surface area is 401 Å². The van der Waals surface area contributed by atoms with Crippen LogP contribution in [0.5, 0.6) is 0 Å². The van der Waals surface area contributed by atoms with Gasteiger partial charge in [-0.3, -0.25) is 47.9 Å². The van der Waals surface area contributed by atoms with Gasteiger partial charge < -0.3 is 104 Å². The molecular weight excluding hydrogens is 940 g/mol. The van der Waals surface area contributed by atoms with Gasteiger partial charge in [0, 0.05) is 20.3 Å². The van der Waals surface area contributed by atoms with Crippen LogP contribution in [0.1, 0.15) is 73.6 Å². The summed E-state index contributed by atoms with van der Waals surface area (Å²) in [5.41, 5.74) is 16.4. The van der Waals surface area contributed by atoms with Crippen molar-refractivity contribution in [2.24, 2.45) is 17.2 Å². The zero-order valence-corrected chi connectivity index (χ0v) is 39.4. The second kappa shape index (κ2) is 28.2. The summed E-state index contributed by atoms with van der Waals surface area (Å²) in [6.45, 7) is 5.29. The molecule has 2 rings (SSSR count). The van der Waals surface area contributed by atoms with Gasteiger partial charge in [0.2, 0.25) is 53.2 Å². The first-order valence-corrected chi connectivity index (χ1v) is 22.1. The zero-order valence-electron chi connectivity index (χ0n) is 39.4. The normalized spacial score (nSPS) is 27.3. The Balaban J connectivity index is 2.21. The molecule has 17 atom stereocenters. The smallest absolute Gasteiger partial charge is 0.325 e. The lowest BCUT2D eigenvalue weighted by atomic mass is 9.94. The number of nitrogens with one attached hydrogen (secondary N) is 7. The summed E-state index contributed by atoms with van der Waals surface area (Å²) in [5.74, 6) is -9.28. The lowest BCUT2D eigenvalue weighted by molar-refractivity contribution is -0.333. The topological polar surface area (TPSA) is 491 Å². The predicted octanol–water partition coefficient (Wildman–Crippen LogP) is -8.88. The van der Waals surface area contributed by atoms with Crippen molar-refractivity contribution in [2.45, 2.75) is 177 Å². The van der Waals surface area contributed by atoms with E-state index in [0.717, 1.165) is 13.8 Å². The molecule has 0 unspecified atom stereocenters. The number of rotatable bonds is 27. The molecule has 0 aromatic heterocycles. The summed E-state index contributed by atoms with van der Waals surface area (Å²) in [5, 5.41) is 77.7. The van der Waals surface area contributed by atoms with Crippen LogP contribution in [0.25, 0.3) is 0 Å². The highest BCUT2D eigenvalue weighted by atomic mass is 16.7. The number of hydrogen-bond donors (Lipinski definition) is 16. The number of nitrogens with two attached hydrogens (primary N) is 3. The maximum Gasteiger partial charge on any atom is 0.325 e. The van der Waals surface area contributed by atoms with E-state index in [1.807, 2.05) is 0 Å². The molecule has 9 amide bonds. The zero-order chi connectivity index (χ0) is 53.3.